The third-order valence-corrected chi connectivity index (χ3v) is 4.71. The minimum atomic E-state index is -3.86. The van der Waals surface area contributed by atoms with E-state index in [1.54, 1.807) is 0 Å². The number of hydrogen-bond acceptors (Lipinski definition) is 5. The normalized spacial score (nSPS) is 12.9. The molecule has 0 unspecified atom stereocenters. The summed E-state index contributed by atoms with van der Waals surface area (Å²) in [6, 6.07) is 4.62. The highest BCUT2D eigenvalue weighted by atomic mass is 32.2. The Balaban J connectivity index is 2.88. The first kappa shape index (κ1) is 16.8. The van der Waals surface area contributed by atoms with Gasteiger partial charge in [0.2, 0.25) is 10.0 Å². The van der Waals surface area contributed by atoms with E-state index in [4.69, 9.17) is 9.84 Å². The fourth-order valence-corrected chi connectivity index (χ4v) is 3.17. The first-order valence-electron chi connectivity index (χ1n) is 5.79. The van der Waals surface area contributed by atoms with Gasteiger partial charge in [0.15, 0.2) is 0 Å². The summed E-state index contributed by atoms with van der Waals surface area (Å²) in [5.41, 5.74) is 0. The number of carboxylic acids is 1. The summed E-state index contributed by atoms with van der Waals surface area (Å²) in [7, 11) is -2.38. The number of aliphatic carboxylic acids is 1. The number of benzene rings is 1. The molecule has 1 rings (SSSR count). The van der Waals surface area contributed by atoms with E-state index in [2.05, 4.69) is 4.72 Å². The van der Waals surface area contributed by atoms with Gasteiger partial charge >= 0.3 is 5.97 Å². The van der Waals surface area contributed by atoms with E-state index in [0.717, 1.165) is 0 Å². The predicted octanol–water partition coefficient (Wildman–Crippen LogP) is 1.18. The van der Waals surface area contributed by atoms with Gasteiger partial charge in [0.25, 0.3) is 0 Å². The highest BCUT2D eigenvalue weighted by Crippen LogP contribution is 2.16. The molecule has 0 fully saturated rings. The Kier molecular flexibility index (Phi) is 6.31. The quantitative estimate of drug-likeness (QED) is 0.747. The lowest BCUT2D eigenvalue weighted by Crippen LogP contribution is -2.41. The van der Waals surface area contributed by atoms with E-state index in [1.807, 2.05) is 6.26 Å². The Morgan fingerprint density at radius 2 is 2.00 bits per heavy atom. The fraction of sp³-hybridized carbons (Fsp3) is 0.417. The molecule has 0 spiro atoms. The predicted molar refractivity (Wildman–Crippen MR) is 77.7 cm³/mol. The van der Waals surface area contributed by atoms with E-state index >= 15 is 0 Å². The van der Waals surface area contributed by atoms with Crippen LogP contribution >= 0.6 is 11.8 Å². The lowest BCUT2D eigenvalue weighted by Gasteiger charge is -2.14. The number of methoxy groups -OCH3 is 1. The smallest absolute Gasteiger partial charge is 0.321 e. The van der Waals surface area contributed by atoms with Gasteiger partial charge in [-0.15, -0.1) is 0 Å². The van der Waals surface area contributed by atoms with Gasteiger partial charge in [-0.05, 0) is 42.7 Å². The number of hydrogen-bond donors (Lipinski definition) is 2. The Labute approximate surface area is 122 Å². The highest BCUT2D eigenvalue weighted by Gasteiger charge is 2.24. The molecule has 0 saturated carbocycles. The molecule has 6 nitrogen and oxygen atoms in total. The minimum Gasteiger partial charge on any atom is -0.497 e. The van der Waals surface area contributed by atoms with Crippen molar-refractivity contribution in [2.75, 3.05) is 19.1 Å². The van der Waals surface area contributed by atoms with Gasteiger partial charge in [-0.25, -0.2) is 8.42 Å². The zero-order valence-corrected chi connectivity index (χ0v) is 12.8. The summed E-state index contributed by atoms with van der Waals surface area (Å²) in [4.78, 5) is 11.1. The highest BCUT2D eigenvalue weighted by molar-refractivity contribution is 7.98. The molecule has 0 saturated heterocycles. The maximum absolute atomic E-state index is 12.1. The second kappa shape index (κ2) is 7.51. The van der Waals surface area contributed by atoms with Crippen molar-refractivity contribution < 1.29 is 23.1 Å². The number of carboxylic acid groups (broad SMARTS) is 1. The van der Waals surface area contributed by atoms with Crippen molar-refractivity contribution in [2.45, 2.75) is 17.4 Å². The molecule has 0 radical (unpaired) electrons. The molecule has 112 valence electrons. The Hall–Kier alpha value is -1.25. The third-order valence-electron chi connectivity index (χ3n) is 2.58. The van der Waals surface area contributed by atoms with E-state index in [0.29, 0.717) is 11.5 Å². The average Bonchev–Trinajstić information content (AvgIpc) is 2.43. The van der Waals surface area contributed by atoms with E-state index < -0.39 is 22.0 Å². The maximum Gasteiger partial charge on any atom is 0.321 e. The monoisotopic (exact) mass is 319 g/mol. The Bertz CT molecular complexity index is 541. The van der Waals surface area contributed by atoms with Crippen LogP contribution in [-0.4, -0.2) is 44.7 Å². The molecule has 0 aliphatic rings. The number of carbonyl (C=O) groups is 1. The Morgan fingerprint density at radius 3 is 2.45 bits per heavy atom. The van der Waals surface area contributed by atoms with Crippen LogP contribution < -0.4 is 9.46 Å². The number of sulfonamides is 1. The number of nitrogens with one attached hydrogen (secondary N) is 1. The van der Waals surface area contributed by atoms with Gasteiger partial charge in [-0.2, -0.15) is 16.5 Å². The van der Waals surface area contributed by atoms with Crippen LogP contribution in [0.25, 0.3) is 0 Å². The second-order valence-electron chi connectivity index (χ2n) is 3.97. The summed E-state index contributed by atoms with van der Waals surface area (Å²) in [5, 5.41) is 9.04. The van der Waals surface area contributed by atoms with Gasteiger partial charge in [0, 0.05) is 0 Å². The molecule has 0 aliphatic heterocycles. The molecule has 8 heteroatoms. The van der Waals surface area contributed by atoms with Gasteiger partial charge < -0.3 is 9.84 Å². The summed E-state index contributed by atoms with van der Waals surface area (Å²) in [6.07, 6.45) is 2.06. The molecule has 1 aromatic rings. The van der Waals surface area contributed by atoms with Crippen molar-refractivity contribution in [3.63, 3.8) is 0 Å². The molecule has 0 amide bonds. The van der Waals surface area contributed by atoms with Crippen molar-refractivity contribution in [1.29, 1.82) is 0 Å². The summed E-state index contributed by atoms with van der Waals surface area (Å²) in [5.74, 6) is -0.0977. The summed E-state index contributed by atoms with van der Waals surface area (Å²) < 4.78 is 31.3. The molecule has 1 aromatic carbocycles. The molecule has 0 bridgehead atoms. The first-order valence-corrected chi connectivity index (χ1v) is 8.66. The van der Waals surface area contributed by atoms with Crippen molar-refractivity contribution in [3.8, 4) is 5.75 Å². The van der Waals surface area contributed by atoms with Crippen LogP contribution in [0.1, 0.15) is 6.42 Å². The van der Waals surface area contributed by atoms with Crippen LogP contribution in [0.5, 0.6) is 5.75 Å². The molecule has 0 aromatic heterocycles. The maximum atomic E-state index is 12.1. The molecule has 0 aliphatic carbocycles. The minimum absolute atomic E-state index is 0.00806. The van der Waals surface area contributed by atoms with Crippen LogP contribution in [0.3, 0.4) is 0 Å². The SMILES string of the molecule is COc1ccc(S(=O)(=O)N[C@H](CCSC)C(=O)O)cc1. The zero-order chi connectivity index (χ0) is 15.2. The molecule has 2 N–H and O–H groups in total. The largest absolute Gasteiger partial charge is 0.497 e. The Morgan fingerprint density at radius 1 is 1.40 bits per heavy atom. The van der Waals surface area contributed by atoms with Crippen LogP contribution in [0.4, 0.5) is 0 Å². The van der Waals surface area contributed by atoms with E-state index in [-0.39, 0.29) is 11.3 Å². The van der Waals surface area contributed by atoms with Crippen LogP contribution in [0.2, 0.25) is 0 Å². The lowest BCUT2D eigenvalue weighted by atomic mass is 10.2. The summed E-state index contributed by atoms with van der Waals surface area (Å²) >= 11 is 1.46. The van der Waals surface area contributed by atoms with Crippen molar-refractivity contribution >= 4 is 27.8 Å². The molecular formula is C12H17NO5S2. The standard InChI is InChI=1S/C12H17NO5S2/c1-18-9-3-5-10(6-4-9)20(16,17)13-11(12(14)15)7-8-19-2/h3-6,11,13H,7-8H2,1-2H3,(H,14,15)/t11-/m1/s1. The number of ether oxygens (including phenoxy) is 1. The van der Waals surface area contributed by atoms with Crippen molar-refractivity contribution in [3.05, 3.63) is 24.3 Å². The topological polar surface area (TPSA) is 92.7 Å². The molecule has 0 heterocycles. The van der Waals surface area contributed by atoms with Crippen LogP contribution in [-0.2, 0) is 14.8 Å². The average molecular weight is 319 g/mol. The van der Waals surface area contributed by atoms with Crippen molar-refractivity contribution in [2.24, 2.45) is 0 Å². The number of thioether (sulfide) groups is 1. The third kappa shape index (κ3) is 4.69. The molecule has 20 heavy (non-hydrogen) atoms. The molecule has 1 atom stereocenters. The lowest BCUT2D eigenvalue weighted by molar-refractivity contribution is -0.139. The zero-order valence-electron chi connectivity index (χ0n) is 11.2. The first-order chi connectivity index (χ1) is 9.40. The van der Waals surface area contributed by atoms with E-state index in [9.17, 15) is 13.2 Å². The summed E-state index contributed by atoms with van der Waals surface area (Å²) in [6.45, 7) is 0. The van der Waals surface area contributed by atoms with Crippen LogP contribution in [0, 0.1) is 0 Å². The second-order valence-corrected chi connectivity index (χ2v) is 6.67. The van der Waals surface area contributed by atoms with Crippen molar-refractivity contribution in [1.82, 2.24) is 4.72 Å². The van der Waals surface area contributed by atoms with E-state index in [1.165, 1.54) is 43.1 Å². The van der Waals surface area contributed by atoms with Gasteiger partial charge in [-0.1, -0.05) is 0 Å². The van der Waals surface area contributed by atoms with Gasteiger partial charge in [-0.3, -0.25) is 4.79 Å². The van der Waals surface area contributed by atoms with Crippen LogP contribution in [0.15, 0.2) is 29.2 Å². The number of rotatable bonds is 8. The van der Waals surface area contributed by atoms with Gasteiger partial charge in [0.05, 0.1) is 12.0 Å². The fourth-order valence-electron chi connectivity index (χ4n) is 1.48. The molecular weight excluding hydrogens is 302 g/mol. The van der Waals surface area contributed by atoms with Gasteiger partial charge in [0.1, 0.15) is 11.8 Å².